The molecule has 0 aromatic heterocycles. The SMILES string of the molecule is COc1ccc(/C=C(/C(=O)N[C@H](c2ccccc2)c2ccc(C)cc2)c2ccccc2)cc1. The predicted molar refractivity (Wildman–Crippen MR) is 135 cm³/mol. The Morgan fingerprint density at radius 3 is 1.94 bits per heavy atom. The number of aryl methyl sites for hydroxylation is 1. The summed E-state index contributed by atoms with van der Waals surface area (Å²) in [5, 5.41) is 3.28. The van der Waals surface area contributed by atoms with Crippen LogP contribution in [-0.4, -0.2) is 13.0 Å². The molecule has 4 aromatic rings. The van der Waals surface area contributed by atoms with E-state index in [0.29, 0.717) is 5.57 Å². The van der Waals surface area contributed by atoms with Crippen molar-refractivity contribution in [2.45, 2.75) is 13.0 Å². The van der Waals surface area contributed by atoms with Gasteiger partial charge in [0.15, 0.2) is 0 Å². The second-order valence-electron chi connectivity index (χ2n) is 7.93. The quantitative estimate of drug-likeness (QED) is 0.269. The van der Waals surface area contributed by atoms with E-state index in [2.05, 4.69) is 36.5 Å². The minimum absolute atomic E-state index is 0.133. The number of hydrogen-bond acceptors (Lipinski definition) is 2. The summed E-state index contributed by atoms with van der Waals surface area (Å²) in [6.07, 6.45) is 1.92. The molecule has 33 heavy (non-hydrogen) atoms. The molecule has 4 aromatic carbocycles. The molecule has 0 aliphatic heterocycles. The summed E-state index contributed by atoms with van der Waals surface area (Å²) >= 11 is 0. The molecule has 4 rings (SSSR count). The van der Waals surface area contributed by atoms with E-state index in [9.17, 15) is 4.79 Å². The van der Waals surface area contributed by atoms with Crippen LogP contribution in [0.1, 0.15) is 33.9 Å². The Morgan fingerprint density at radius 1 is 0.758 bits per heavy atom. The minimum atomic E-state index is -0.262. The number of amides is 1. The van der Waals surface area contributed by atoms with E-state index in [1.54, 1.807) is 7.11 Å². The van der Waals surface area contributed by atoms with Crippen LogP contribution in [0.2, 0.25) is 0 Å². The van der Waals surface area contributed by atoms with Gasteiger partial charge in [-0.05, 0) is 47.4 Å². The highest BCUT2D eigenvalue weighted by molar-refractivity contribution is 6.24. The molecule has 1 amide bonds. The molecule has 1 atom stereocenters. The van der Waals surface area contributed by atoms with Crippen LogP contribution in [0.4, 0.5) is 0 Å². The third kappa shape index (κ3) is 5.58. The Morgan fingerprint density at radius 2 is 1.33 bits per heavy atom. The van der Waals surface area contributed by atoms with Crippen molar-refractivity contribution in [1.82, 2.24) is 5.32 Å². The summed E-state index contributed by atoms with van der Waals surface area (Å²) in [4.78, 5) is 13.7. The molecule has 0 spiro atoms. The first-order valence-corrected chi connectivity index (χ1v) is 11.0. The zero-order chi connectivity index (χ0) is 23.0. The van der Waals surface area contributed by atoms with Gasteiger partial charge >= 0.3 is 0 Å². The molecule has 0 aliphatic rings. The molecule has 3 heteroatoms. The molecule has 0 bridgehead atoms. The molecule has 0 heterocycles. The van der Waals surface area contributed by atoms with Gasteiger partial charge in [-0.1, -0.05) is 103 Å². The van der Waals surface area contributed by atoms with E-state index in [0.717, 1.165) is 28.0 Å². The van der Waals surface area contributed by atoms with Crippen LogP contribution in [0.3, 0.4) is 0 Å². The van der Waals surface area contributed by atoms with Crippen molar-refractivity contribution in [3.05, 3.63) is 137 Å². The van der Waals surface area contributed by atoms with E-state index in [4.69, 9.17) is 4.74 Å². The van der Waals surface area contributed by atoms with Crippen LogP contribution >= 0.6 is 0 Å². The fourth-order valence-corrected chi connectivity index (χ4v) is 3.74. The number of ether oxygens (including phenoxy) is 1. The van der Waals surface area contributed by atoms with Crippen molar-refractivity contribution in [1.29, 1.82) is 0 Å². The Bertz CT molecular complexity index is 1210. The van der Waals surface area contributed by atoms with Crippen LogP contribution in [0.25, 0.3) is 11.6 Å². The van der Waals surface area contributed by atoms with E-state index < -0.39 is 0 Å². The molecule has 0 saturated carbocycles. The van der Waals surface area contributed by atoms with Gasteiger partial charge in [-0.15, -0.1) is 0 Å². The largest absolute Gasteiger partial charge is 0.497 e. The lowest BCUT2D eigenvalue weighted by atomic mass is 9.96. The topological polar surface area (TPSA) is 38.3 Å². The van der Waals surface area contributed by atoms with Crippen LogP contribution in [0.15, 0.2) is 109 Å². The van der Waals surface area contributed by atoms with Gasteiger partial charge in [0.25, 0.3) is 5.91 Å². The Labute approximate surface area is 195 Å². The third-order valence-corrected chi connectivity index (χ3v) is 5.58. The first-order chi connectivity index (χ1) is 16.1. The summed E-state index contributed by atoms with van der Waals surface area (Å²) in [5.41, 5.74) is 5.65. The number of methoxy groups -OCH3 is 1. The van der Waals surface area contributed by atoms with E-state index in [1.165, 1.54) is 5.56 Å². The number of nitrogens with one attached hydrogen (secondary N) is 1. The number of carbonyl (C=O) groups excluding carboxylic acids is 1. The summed E-state index contributed by atoms with van der Waals surface area (Å²) in [6.45, 7) is 2.06. The molecular weight excluding hydrogens is 406 g/mol. The van der Waals surface area contributed by atoms with E-state index in [-0.39, 0.29) is 11.9 Å². The molecular formula is C30H27NO2. The zero-order valence-corrected chi connectivity index (χ0v) is 18.9. The molecule has 0 fully saturated rings. The highest BCUT2D eigenvalue weighted by Crippen LogP contribution is 2.26. The Balaban J connectivity index is 1.72. The maximum absolute atomic E-state index is 13.7. The first kappa shape index (κ1) is 22.1. The zero-order valence-electron chi connectivity index (χ0n) is 18.9. The number of benzene rings is 4. The van der Waals surface area contributed by atoms with Gasteiger partial charge in [-0.25, -0.2) is 0 Å². The molecule has 1 N–H and O–H groups in total. The molecule has 0 saturated heterocycles. The van der Waals surface area contributed by atoms with E-state index >= 15 is 0 Å². The molecule has 0 radical (unpaired) electrons. The summed E-state index contributed by atoms with van der Waals surface area (Å²) in [5.74, 6) is 0.646. The number of hydrogen-bond donors (Lipinski definition) is 1. The maximum atomic E-state index is 13.7. The highest BCUT2D eigenvalue weighted by atomic mass is 16.5. The van der Waals surface area contributed by atoms with Crippen molar-refractivity contribution in [2.75, 3.05) is 7.11 Å². The van der Waals surface area contributed by atoms with Crippen LogP contribution < -0.4 is 10.1 Å². The van der Waals surface area contributed by atoms with Gasteiger partial charge < -0.3 is 10.1 Å². The smallest absolute Gasteiger partial charge is 0.252 e. The fourth-order valence-electron chi connectivity index (χ4n) is 3.74. The van der Waals surface area contributed by atoms with Crippen molar-refractivity contribution in [3.63, 3.8) is 0 Å². The van der Waals surface area contributed by atoms with Gasteiger partial charge in [-0.3, -0.25) is 4.79 Å². The Kier molecular flexibility index (Phi) is 7.01. The lowest BCUT2D eigenvalue weighted by Crippen LogP contribution is -2.30. The molecule has 0 unspecified atom stereocenters. The highest BCUT2D eigenvalue weighted by Gasteiger charge is 2.20. The lowest BCUT2D eigenvalue weighted by Gasteiger charge is -2.21. The van der Waals surface area contributed by atoms with Crippen molar-refractivity contribution in [2.24, 2.45) is 0 Å². The predicted octanol–water partition coefficient (Wildman–Crippen LogP) is 6.45. The van der Waals surface area contributed by atoms with Crippen LogP contribution in [0.5, 0.6) is 5.75 Å². The average molecular weight is 434 g/mol. The summed E-state index contributed by atoms with van der Waals surface area (Å²) in [7, 11) is 1.64. The van der Waals surface area contributed by atoms with Gasteiger partial charge in [0.05, 0.1) is 13.2 Å². The first-order valence-electron chi connectivity index (χ1n) is 11.0. The normalized spacial score (nSPS) is 12.1. The van der Waals surface area contributed by atoms with Crippen molar-refractivity contribution >= 4 is 17.6 Å². The van der Waals surface area contributed by atoms with Crippen molar-refractivity contribution < 1.29 is 9.53 Å². The van der Waals surface area contributed by atoms with Gasteiger partial charge in [-0.2, -0.15) is 0 Å². The van der Waals surface area contributed by atoms with Gasteiger partial charge in [0.1, 0.15) is 5.75 Å². The second-order valence-corrected chi connectivity index (χ2v) is 7.93. The van der Waals surface area contributed by atoms with Gasteiger partial charge in [0, 0.05) is 5.57 Å². The summed E-state index contributed by atoms with van der Waals surface area (Å²) in [6, 6.07) is 35.5. The minimum Gasteiger partial charge on any atom is -0.497 e. The standard InChI is InChI=1S/C30H27NO2/c1-22-13-17-26(18-14-22)29(25-11-7-4-8-12-25)31-30(32)28(24-9-5-3-6-10-24)21-23-15-19-27(33-2)20-16-23/h3-21,29H,1-2H3,(H,31,32)/b28-21+/t29-/m1/s1. The second kappa shape index (κ2) is 10.5. The third-order valence-electron chi connectivity index (χ3n) is 5.58. The van der Waals surface area contributed by atoms with Gasteiger partial charge in [0.2, 0.25) is 0 Å². The summed E-state index contributed by atoms with van der Waals surface area (Å²) < 4.78 is 5.27. The van der Waals surface area contributed by atoms with Crippen LogP contribution in [0, 0.1) is 6.92 Å². The number of carbonyl (C=O) groups is 1. The van der Waals surface area contributed by atoms with Crippen LogP contribution in [-0.2, 0) is 4.79 Å². The van der Waals surface area contributed by atoms with Crippen molar-refractivity contribution in [3.8, 4) is 5.75 Å². The lowest BCUT2D eigenvalue weighted by molar-refractivity contribution is -0.116. The molecule has 3 nitrogen and oxygen atoms in total. The van der Waals surface area contributed by atoms with E-state index in [1.807, 2.05) is 91.0 Å². The average Bonchev–Trinajstić information content (AvgIpc) is 2.88. The fraction of sp³-hybridized carbons (Fsp3) is 0.100. The Hall–Kier alpha value is -4.11. The monoisotopic (exact) mass is 433 g/mol. The number of rotatable bonds is 7. The molecule has 0 aliphatic carbocycles. The maximum Gasteiger partial charge on any atom is 0.252 e. The molecule has 164 valence electrons.